The minimum absolute atomic E-state index is 0.0111. The molecule has 4 aromatic rings. The Hall–Kier alpha value is -3.30. The van der Waals surface area contributed by atoms with E-state index in [2.05, 4.69) is 15.2 Å². The summed E-state index contributed by atoms with van der Waals surface area (Å²) in [6.07, 6.45) is 1.79. The molecule has 27 heavy (non-hydrogen) atoms. The van der Waals surface area contributed by atoms with Crippen molar-refractivity contribution in [2.45, 2.75) is 11.8 Å². The maximum Gasteiger partial charge on any atom is 0.254 e. The molecular weight excluding hydrogens is 366 g/mol. The number of imidazole rings is 1. The summed E-state index contributed by atoms with van der Waals surface area (Å²) in [5.41, 5.74) is 1.64. The second-order valence-corrected chi connectivity index (χ2v) is 7.52. The molecule has 0 amide bonds. The van der Waals surface area contributed by atoms with E-state index in [1.54, 1.807) is 34.9 Å². The van der Waals surface area contributed by atoms with Gasteiger partial charge >= 0.3 is 0 Å². The molecule has 8 nitrogen and oxygen atoms in total. The van der Waals surface area contributed by atoms with E-state index in [9.17, 15) is 13.5 Å². The van der Waals surface area contributed by atoms with E-state index in [-0.39, 0.29) is 16.3 Å². The first-order valence-electron chi connectivity index (χ1n) is 7.99. The lowest BCUT2D eigenvalue weighted by Crippen LogP contribution is -2.12. The van der Waals surface area contributed by atoms with Gasteiger partial charge < -0.3 is 5.11 Å². The number of hydrogen-bond acceptors (Lipinski definition) is 6. The summed E-state index contributed by atoms with van der Waals surface area (Å²) in [5.74, 6) is 0.132. The summed E-state index contributed by atoms with van der Waals surface area (Å²) in [4.78, 5) is 4.22. The fourth-order valence-electron chi connectivity index (χ4n) is 2.97. The molecule has 0 fully saturated rings. The molecule has 0 unspecified atom stereocenters. The standard InChI is InChI=1S/C18H15N5O3S/c1-11-15-8-4-5-9-23(15)18(20-11)22-21-14-10-16(27(19,25)26)12-6-2-3-7-13(12)17(14)24/h2-10,24H,1H3,(H2,19,25,26). The molecule has 4 rings (SSSR count). The number of rotatable bonds is 3. The fourth-order valence-corrected chi connectivity index (χ4v) is 3.73. The lowest BCUT2D eigenvalue weighted by molar-refractivity contribution is 0.482. The predicted molar refractivity (Wildman–Crippen MR) is 101 cm³/mol. The molecule has 2 aromatic heterocycles. The number of primary sulfonamides is 1. The summed E-state index contributed by atoms with van der Waals surface area (Å²) in [7, 11) is -4.02. The highest BCUT2D eigenvalue weighted by Crippen LogP contribution is 2.39. The number of phenols is 1. The van der Waals surface area contributed by atoms with Crippen LogP contribution in [-0.4, -0.2) is 22.9 Å². The highest BCUT2D eigenvalue weighted by Gasteiger charge is 2.18. The number of aromatic nitrogens is 2. The molecule has 0 bridgehead atoms. The largest absolute Gasteiger partial charge is 0.505 e. The van der Waals surface area contributed by atoms with Crippen LogP contribution in [-0.2, 0) is 10.0 Å². The van der Waals surface area contributed by atoms with Gasteiger partial charge in [-0.15, -0.1) is 10.2 Å². The quantitative estimate of drug-likeness (QED) is 0.527. The Labute approximate surface area is 154 Å². The van der Waals surface area contributed by atoms with Crippen LogP contribution in [0.4, 0.5) is 11.6 Å². The second-order valence-electron chi connectivity index (χ2n) is 5.99. The highest BCUT2D eigenvalue weighted by molar-refractivity contribution is 7.89. The van der Waals surface area contributed by atoms with E-state index in [1.165, 1.54) is 6.07 Å². The molecular formula is C18H15N5O3S. The summed E-state index contributed by atoms with van der Waals surface area (Å²) in [6, 6.07) is 13.3. The van der Waals surface area contributed by atoms with E-state index in [0.717, 1.165) is 11.2 Å². The minimum Gasteiger partial charge on any atom is -0.505 e. The average molecular weight is 381 g/mol. The molecule has 2 heterocycles. The van der Waals surface area contributed by atoms with Gasteiger partial charge in [0.15, 0.2) is 5.75 Å². The maximum absolute atomic E-state index is 12.0. The topological polar surface area (TPSA) is 122 Å². The molecule has 0 saturated carbocycles. The SMILES string of the molecule is Cc1nc(N=Nc2cc(S(N)(=O)=O)c3ccccc3c2O)n2ccccc12. The zero-order chi connectivity index (χ0) is 19.2. The first kappa shape index (κ1) is 17.1. The zero-order valence-electron chi connectivity index (χ0n) is 14.2. The summed E-state index contributed by atoms with van der Waals surface area (Å²) >= 11 is 0. The van der Waals surface area contributed by atoms with Crippen LogP contribution in [0.3, 0.4) is 0 Å². The van der Waals surface area contributed by atoms with E-state index in [0.29, 0.717) is 16.7 Å². The molecule has 0 atom stereocenters. The Morgan fingerprint density at radius 1 is 1.07 bits per heavy atom. The van der Waals surface area contributed by atoms with Crippen LogP contribution < -0.4 is 5.14 Å². The van der Waals surface area contributed by atoms with Gasteiger partial charge in [-0.25, -0.2) is 18.5 Å². The number of sulfonamides is 1. The third kappa shape index (κ3) is 2.92. The van der Waals surface area contributed by atoms with E-state index in [4.69, 9.17) is 5.14 Å². The van der Waals surface area contributed by atoms with E-state index < -0.39 is 10.0 Å². The van der Waals surface area contributed by atoms with Crippen molar-refractivity contribution in [3.8, 4) is 5.75 Å². The van der Waals surface area contributed by atoms with Crippen molar-refractivity contribution < 1.29 is 13.5 Å². The van der Waals surface area contributed by atoms with Crippen molar-refractivity contribution >= 4 is 37.9 Å². The van der Waals surface area contributed by atoms with Crippen molar-refractivity contribution in [1.82, 2.24) is 9.38 Å². The van der Waals surface area contributed by atoms with Gasteiger partial charge in [0.25, 0.3) is 5.95 Å². The van der Waals surface area contributed by atoms with Gasteiger partial charge in [0, 0.05) is 17.0 Å². The average Bonchev–Trinajstić information content (AvgIpc) is 2.97. The summed E-state index contributed by atoms with van der Waals surface area (Å²) in [5, 5.41) is 24.6. The van der Waals surface area contributed by atoms with Gasteiger partial charge in [0.1, 0.15) is 5.69 Å². The molecule has 2 aromatic carbocycles. The maximum atomic E-state index is 12.0. The number of nitrogens with zero attached hydrogens (tertiary/aromatic N) is 4. The zero-order valence-corrected chi connectivity index (χ0v) is 15.1. The van der Waals surface area contributed by atoms with Crippen LogP contribution in [0.1, 0.15) is 5.69 Å². The fraction of sp³-hybridized carbons (Fsp3) is 0.0556. The third-order valence-electron chi connectivity index (χ3n) is 4.23. The second kappa shape index (κ2) is 6.15. The Balaban J connectivity index is 1.91. The Morgan fingerprint density at radius 2 is 1.78 bits per heavy atom. The predicted octanol–water partition coefficient (Wildman–Crippen LogP) is 3.56. The molecule has 0 aliphatic carbocycles. The van der Waals surface area contributed by atoms with Crippen LogP contribution in [0.15, 0.2) is 69.9 Å². The first-order valence-corrected chi connectivity index (χ1v) is 9.54. The number of pyridine rings is 1. The molecule has 136 valence electrons. The first-order chi connectivity index (χ1) is 12.9. The van der Waals surface area contributed by atoms with E-state index >= 15 is 0 Å². The number of nitrogens with two attached hydrogens (primary N) is 1. The molecule has 0 aliphatic rings. The van der Waals surface area contributed by atoms with Crippen molar-refractivity contribution in [3.05, 3.63) is 60.4 Å². The smallest absolute Gasteiger partial charge is 0.254 e. The lowest BCUT2D eigenvalue weighted by Gasteiger charge is -2.08. The van der Waals surface area contributed by atoms with Gasteiger partial charge in [-0.2, -0.15) is 0 Å². The van der Waals surface area contributed by atoms with Crippen molar-refractivity contribution in [3.63, 3.8) is 0 Å². The molecule has 0 spiro atoms. The minimum atomic E-state index is -4.02. The number of phenolic OH excluding ortho intramolecular Hbond substituents is 1. The van der Waals surface area contributed by atoms with Crippen LogP contribution in [0.25, 0.3) is 16.3 Å². The van der Waals surface area contributed by atoms with Gasteiger partial charge in [0.05, 0.1) is 16.1 Å². The van der Waals surface area contributed by atoms with Crippen molar-refractivity contribution in [1.29, 1.82) is 0 Å². The Morgan fingerprint density at radius 3 is 2.52 bits per heavy atom. The van der Waals surface area contributed by atoms with Gasteiger partial charge in [-0.05, 0) is 25.1 Å². The van der Waals surface area contributed by atoms with Crippen LogP contribution in [0, 0.1) is 6.92 Å². The Kier molecular flexibility index (Phi) is 3.90. The normalized spacial score (nSPS) is 12.4. The van der Waals surface area contributed by atoms with Crippen molar-refractivity contribution in [2.75, 3.05) is 0 Å². The van der Waals surface area contributed by atoms with Gasteiger partial charge in [0.2, 0.25) is 10.0 Å². The van der Waals surface area contributed by atoms with Crippen molar-refractivity contribution in [2.24, 2.45) is 15.4 Å². The summed E-state index contributed by atoms with van der Waals surface area (Å²) < 4.78 is 25.7. The summed E-state index contributed by atoms with van der Waals surface area (Å²) in [6.45, 7) is 1.85. The number of fused-ring (bicyclic) bond motifs is 2. The number of aromatic hydroxyl groups is 1. The number of hydrogen-bond donors (Lipinski definition) is 2. The number of azo groups is 1. The van der Waals surface area contributed by atoms with Crippen LogP contribution in [0.5, 0.6) is 5.75 Å². The molecule has 9 heteroatoms. The van der Waals surface area contributed by atoms with Gasteiger partial charge in [-0.1, -0.05) is 30.3 Å². The van der Waals surface area contributed by atoms with Crippen LogP contribution in [0.2, 0.25) is 0 Å². The highest BCUT2D eigenvalue weighted by atomic mass is 32.2. The Bertz CT molecular complexity index is 1330. The van der Waals surface area contributed by atoms with Gasteiger partial charge in [-0.3, -0.25) is 4.40 Å². The van der Waals surface area contributed by atoms with Crippen LogP contribution >= 0.6 is 0 Å². The molecule has 0 saturated heterocycles. The molecule has 0 radical (unpaired) electrons. The third-order valence-corrected chi connectivity index (χ3v) is 5.18. The number of benzene rings is 2. The molecule has 0 aliphatic heterocycles. The molecule has 3 N–H and O–H groups in total. The van der Waals surface area contributed by atoms with E-state index in [1.807, 2.05) is 25.1 Å². The monoisotopic (exact) mass is 381 g/mol. The lowest BCUT2D eigenvalue weighted by atomic mass is 10.1. The number of aryl methyl sites for hydroxylation is 1.